The summed E-state index contributed by atoms with van der Waals surface area (Å²) >= 11 is 0. The van der Waals surface area contributed by atoms with Gasteiger partial charge in [0.2, 0.25) is 5.91 Å². The number of amides is 1. The van der Waals surface area contributed by atoms with E-state index < -0.39 is 12.0 Å². The van der Waals surface area contributed by atoms with E-state index in [2.05, 4.69) is 10.1 Å². The number of nitrogens with one attached hydrogen (secondary N) is 1. The van der Waals surface area contributed by atoms with Crippen LogP contribution in [0.15, 0.2) is 24.3 Å². The number of esters is 1. The summed E-state index contributed by atoms with van der Waals surface area (Å²) in [5, 5.41) is 2.70. The molecule has 0 aliphatic carbocycles. The monoisotopic (exact) mass is 300 g/mol. The van der Waals surface area contributed by atoms with Crippen LogP contribution in [0.25, 0.3) is 0 Å². The van der Waals surface area contributed by atoms with Gasteiger partial charge < -0.3 is 15.8 Å². The van der Waals surface area contributed by atoms with Gasteiger partial charge in [0.15, 0.2) is 0 Å². The number of carbonyl (C=O) groups excluding carboxylic acids is 2. The summed E-state index contributed by atoms with van der Waals surface area (Å²) in [6.07, 6.45) is 0.830. The van der Waals surface area contributed by atoms with E-state index in [1.165, 1.54) is 7.11 Å². The molecule has 0 aliphatic heterocycles. The van der Waals surface area contributed by atoms with Crippen molar-refractivity contribution in [3.63, 3.8) is 0 Å². The molecule has 5 nitrogen and oxygen atoms in total. The Hall–Kier alpha value is -1.59. The number of nitrogens with two attached hydrogens (primary N) is 1. The van der Waals surface area contributed by atoms with Crippen molar-refractivity contribution in [3.05, 3.63) is 29.8 Å². The first-order chi connectivity index (χ1) is 8.99. The molecule has 6 heteroatoms. The van der Waals surface area contributed by atoms with Crippen molar-refractivity contribution in [2.75, 3.05) is 12.4 Å². The van der Waals surface area contributed by atoms with Crippen LogP contribution in [-0.2, 0) is 9.53 Å². The number of rotatable bonds is 5. The molecule has 0 aromatic heterocycles. The second-order valence-corrected chi connectivity index (χ2v) is 4.47. The zero-order chi connectivity index (χ0) is 14.4. The number of hydrogen-bond acceptors (Lipinski definition) is 4. The van der Waals surface area contributed by atoms with Crippen LogP contribution < -0.4 is 11.1 Å². The summed E-state index contributed by atoms with van der Waals surface area (Å²) in [4.78, 5) is 23.3. The molecule has 2 unspecified atom stereocenters. The van der Waals surface area contributed by atoms with Crippen molar-refractivity contribution in [1.29, 1.82) is 0 Å². The molecule has 20 heavy (non-hydrogen) atoms. The van der Waals surface area contributed by atoms with Gasteiger partial charge in [0.05, 0.1) is 18.7 Å². The topological polar surface area (TPSA) is 81.4 Å². The molecule has 0 radical (unpaired) electrons. The minimum Gasteiger partial charge on any atom is -0.465 e. The standard InChI is InChI=1S/C14H20N2O3.ClH/c1-4-9(2)12(15)13(17)16-11-7-5-6-10(8-11)14(18)19-3;/h5-9,12H,4,15H2,1-3H3,(H,16,17);1H. The number of anilines is 1. The maximum Gasteiger partial charge on any atom is 0.337 e. The Kier molecular flexibility index (Phi) is 7.87. The molecule has 0 bridgehead atoms. The molecule has 0 spiro atoms. The number of ether oxygens (including phenoxy) is 1. The summed E-state index contributed by atoms with van der Waals surface area (Å²) in [5.74, 6) is -0.595. The molecule has 0 heterocycles. The second-order valence-electron chi connectivity index (χ2n) is 4.47. The van der Waals surface area contributed by atoms with Gasteiger partial charge in [0, 0.05) is 5.69 Å². The van der Waals surface area contributed by atoms with Crippen molar-refractivity contribution >= 4 is 30.0 Å². The fourth-order valence-corrected chi connectivity index (χ4v) is 1.58. The maximum atomic E-state index is 11.9. The molecule has 1 rings (SSSR count). The van der Waals surface area contributed by atoms with E-state index in [9.17, 15) is 9.59 Å². The van der Waals surface area contributed by atoms with E-state index in [0.717, 1.165) is 6.42 Å². The highest BCUT2D eigenvalue weighted by molar-refractivity contribution is 5.96. The fraction of sp³-hybridized carbons (Fsp3) is 0.429. The number of halogens is 1. The minimum absolute atomic E-state index is 0. The zero-order valence-electron chi connectivity index (χ0n) is 11.9. The van der Waals surface area contributed by atoms with Crippen LogP contribution in [0.2, 0.25) is 0 Å². The van der Waals surface area contributed by atoms with Gasteiger partial charge in [-0.2, -0.15) is 0 Å². The second kappa shape index (κ2) is 8.55. The minimum atomic E-state index is -0.563. The number of hydrogen-bond donors (Lipinski definition) is 2. The van der Waals surface area contributed by atoms with Crippen LogP contribution in [0.5, 0.6) is 0 Å². The lowest BCUT2D eigenvalue weighted by Crippen LogP contribution is -2.40. The highest BCUT2D eigenvalue weighted by atomic mass is 35.5. The van der Waals surface area contributed by atoms with Gasteiger partial charge in [-0.05, 0) is 24.1 Å². The third-order valence-electron chi connectivity index (χ3n) is 3.11. The highest BCUT2D eigenvalue weighted by Gasteiger charge is 2.19. The quantitative estimate of drug-likeness (QED) is 0.817. The van der Waals surface area contributed by atoms with Crippen LogP contribution in [0, 0.1) is 5.92 Å². The number of benzene rings is 1. The third-order valence-corrected chi connectivity index (χ3v) is 3.11. The molecule has 1 amide bonds. The van der Waals surface area contributed by atoms with E-state index >= 15 is 0 Å². The molecule has 0 aliphatic rings. The molecule has 1 aromatic rings. The first-order valence-electron chi connectivity index (χ1n) is 6.24. The van der Waals surface area contributed by atoms with Crippen molar-refractivity contribution in [2.45, 2.75) is 26.3 Å². The molecule has 1 aromatic carbocycles. The highest BCUT2D eigenvalue weighted by Crippen LogP contribution is 2.13. The molecular weight excluding hydrogens is 280 g/mol. The fourth-order valence-electron chi connectivity index (χ4n) is 1.58. The summed E-state index contributed by atoms with van der Waals surface area (Å²) in [6.45, 7) is 3.91. The summed E-state index contributed by atoms with van der Waals surface area (Å²) in [7, 11) is 1.31. The van der Waals surface area contributed by atoms with Crippen LogP contribution in [0.3, 0.4) is 0 Å². The molecule has 112 valence electrons. The van der Waals surface area contributed by atoms with Crippen LogP contribution in [0.1, 0.15) is 30.6 Å². The normalized spacial score (nSPS) is 12.8. The summed E-state index contributed by atoms with van der Waals surface area (Å²) < 4.78 is 4.62. The first-order valence-corrected chi connectivity index (χ1v) is 6.24. The largest absolute Gasteiger partial charge is 0.465 e. The van der Waals surface area contributed by atoms with E-state index in [0.29, 0.717) is 11.3 Å². The van der Waals surface area contributed by atoms with Gasteiger partial charge in [0.1, 0.15) is 0 Å². The lowest BCUT2D eigenvalue weighted by atomic mass is 9.99. The van der Waals surface area contributed by atoms with Gasteiger partial charge >= 0.3 is 5.97 Å². The Morgan fingerprint density at radius 1 is 1.40 bits per heavy atom. The molecule has 2 atom stereocenters. The average molecular weight is 301 g/mol. The van der Waals surface area contributed by atoms with Crippen molar-refractivity contribution in [1.82, 2.24) is 0 Å². The van der Waals surface area contributed by atoms with Gasteiger partial charge in [-0.3, -0.25) is 4.79 Å². The van der Waals surface area contributed by atoms with Gasteiger partial charge in [-0.15, -0.1) is 12.4 Å². The number of carbonyl (C=O) groups is 2. The number of methoxy groups -OCH3 is 1. The first kappa shape index (κ1) is 18.4. The van der Waals surface area contributed by atoms with Gasteiger partial charge in [-0.1, -0.05) is 26.3 Å². The van der Waals surface area contributed by atoms with E-state index in [-0.39, 0.29) is 24.2 Å². The van der Waals surface area contributed by atoms with E-state index in [4.69, 9.17) is 5.73 Å². The van der Waals surface area contributed by atoms with E-state index in [1.54, 1.807) is 24.3 Å². The van der Waals surface area contributed by atoms with Crippen molar-refractivity contribution in [3.8, 4) is 0 Å². The Morgan fingerprint density at radius 3 is 2.60 bits per heavy atom. The average Bonchev–Trinajstić information content (AvgIpc) is 2.44. The zero-order valence-corrected chi connectivity index (χ0v) is 12.7. The van der Waals surface area contributed by atoms with Gasteiger partial charge in [-0.25, -0.2) is 4.79 Å². The lowest BCUT2D eigenvalue weighted by Gasteiger charge is -2.17. The maximum absolute atomic E-state index is 11.9. The Morgan fingerprint density at radius 2 is 2.05 bits per heavy atom. The van der Waals surface area contributed by atoms with Crippen molar-refractivity contribution < 1.29 is 14.3 Å². The summed E-state index contributed by atoms with van der Waals surface area (Å²) in [6, 6.07) is 6.00. The van der Waals surface area contributed by atoms with Crippen LogP contribution in [-0.4, -0.2) is 25.0 Å². The van der Waals surface area contributed by atoms with Gasteiger partial charge in [0.25, 0.3) is 0 Å². The SMILES string of the molecule is CCC(C)C(N)C(=O)Nc1cccc(C(=O)OC)c1.Cl. The molecular formula is C14H21ClN2O3. The smallest absolute Gasteiger partial charge is 0.337 e. The molecule has 3 N–H and O–H groups in total. The van der Waals surface area contributed by atoms with E-state index in [1.807, 2.05) is 13.8 Å². The Bertz CT molecular complexity index is 465. The van der Waals surface area contributed by atoms with Crippen LogP contribution >= 0.6 is 12.4 Å². The predicted octanol–water partition coefficient (Wildman–Crippen LogP) is 2.21. The lowest BCUT2D eigenvalue weighted by molar-refractivity contribution is -0.118. The molecule has 0 saturated carbocycles. The van der Waals surface area contributed by atoms with Crippen LogP contribution in [0.4, 0.5) is 5.69 Å². The van der Waals surface area contributed by atoms with Crippen molar-refractivity contribution in [2.24, 2.45) is 11.7 Å². The third kappa shape index (κ3) is 4.83. The Balaban J connectivity index is 0.00000361. The summed E-state index contributed by atoms with van der Waals surface area (Å²) in [5.41, 5.74) is 6.76. The molecule has 0 fully saturated rings. The molecule has 0 saturated heterocycles. The Labute approximate surface area is 125 Å². The predicted molar refractivity (Wildman–Crippen MR) is 81.1 cm³/mol.